The van der Waals surface area contributed by atoms with Gasteiger partial charge in [0.15, 0.2) is 0 Å². The molecule has 1 aromatic carbocycles. The zero-order chi connectivity index (χ0) is 13.2. The molecular weight excluding hydrogens is 240 g/mol. The smallest absolute Gasteiger partial charge is 0.304 e. The van der Waals surface area contributed by atoms with E-state index in [0.29, 0.717) is 10.8 Å². The molecule has 0 aliphatic rings. The van der Waals surface area contributed by atoms with Crippen molar-refractivity contribution in [1.29, 1.82) is 0 Å². The Morgan fingerprint density at radius 3 is 2.53 bits per heavy atom. The predicted octanol–water partition coefficient (Wildman–Crippen LogP) is 3.41. The number of ether oxygens (including phenoxy) is 1. The van der Waals surface area contributed by atoms with Gasteiger partial charge in [-0.2, -0.15) is 0 Å². The summed E-state index contributed by atoms with van der Waals surface area (Å²) in [5, 5.41) is 9.49. The molecule has 0 fully saturated rings. The Morgan fingerprint density at radius 1 is 1.47 bits per heavy atom. The zero-order valence-corrected chi connectivity index (χ0v) is 11.3. The lowest BCUT2D eigenvalue weighted by Crippen LogP contribution is -2.21. The van der Waals surface area contributed by atoms with Gasteiger partial charge in [0.1, 0.15) is 5.75 Å². The van der Waals surface area contributed by atoms with Crippen molar-refractivity contribution in [3.05, 3.63) is 28.3 Å². The summed E-state index contributed by atoms with van der Waals surface area (Å²) in [6.45, 7) is 5.62. The molecule has 0 amide bonds. The molecule has 0 atom stereocenters. The van der Waals surface area contributed by atoms with Crippen molar-refractivity contribution in [3.63, 3.8) is 0 Å². The molecule has 0 aliphatic heterocycles. The van der Waals surface area contributed by atoms with E-state index in [1.807, 2.05) is 32.9 Å². The highest BCUT2D eigenvalue weighted by molar-refractivity contribution is 6.31. The molecule has 94 valence electrons. The molecule has 0 aliphatic carbocycles. The molecule has 0 radical (unpaired) electrons. The molecular formula is C13H17ClO3. The molecule has 1 aromatic rings. The maximum absolute atomic E-state index is 10.8. The Labute approximate surface area is 106 Å². The van der Waals surface area contributed by atoms with Crippen molar-refractivity contribution in [2.24, 2.45) is 0 Å². The Kier molecular flexibility index (Phi) is 4.04. The normalized spacial score (nSPS) is 11.4. The molecule has 17 heavy (non-hydrogen) atoms. The number of aliphatic carboxylic acids is 1. The predicted molar refractivity (Wildman–Crippen MR) is 68.0 cm³/mol. The van der Waals surface area contributed by atoms with Gasteiger partial charge < -0.3 is 9.84 Å². The number of halogens is 1. The highest BCUT2D eigenvalue weighted by atomic mass is 35.5. The van der Waals surface area contributed by atoms with E-state index in [4.69, 9.17) is 21.4 Å². The van der Waals surface area contributed by atoms with Crippen molar-refractivity contribution in [3.8, 4) is 5.75 Å². The van der Waals surface area contributed by atoms with E-state index >= 15 is 0 Å². The molecule has 4 heteroatoms. The van der Waals surface area contributed by atoms with Crippen LogP contribution in [0.15, 0.2) is 12.1 Å². The number of hydrogen-bond donors (Lipinski definition) is 1. The van der Waals surface area contributed by atoms with Gasteiger partial charge in [0, 0.05) is 16.0 Å². The van der Waals surface area contributed by atoms with Gasteiger partial charge in [-0.3, -0.25) is 4.79 Å². The molecule has 0 unspecified atom stereocenters. The van der Waals surface area contributed by atoms with E-state index in [-0.39, 0.29) is 6.42 Å². The van der Waals surface area contributed by atoms with Gasteiger partial charge in [-0.1, -0.05) is 25.4 Å². The first kappa shape index (κ1) is 13.8. The minimum absolute atomic E-state index is 0.0511. The average Bonchev–Trinajstić information content (AvgIpc) is 2.19. The highest BCUT2D eigenvalue weighted by Crippen LogP contribution is 2.35. The van der Waals surface area contributed by atoms with Gasteiger partial charge >= 0.3 is 5.97 Å². The molecule has 0 aromatic heterocycles. The maximum Gasteiger partial charge on any atom is 0.304 e. The van der Waals surface area contributed by atoms with Crippen LogP contribution in [0.5, 0.6) is 5.75 Å². The molecule has 0 spiro atoms. The van der Waals surface area contributed by atoms with Gasteiger partial charge in [0.2, 0.25) is 0 Å². The van der Waals surface area contributed by atoms with E-state index in [0.717, 1.165) is 11.1 Å². The summed E-state index contributed by atoms with van der Waals surface area (Å²) in [5.74, 6) is -0.142. The number of carboxylic acids is 1. The molecule has 1 N–H and O–H groups in total. The number of benzene rings is 1. The lowest BCUT2D eigenvalue weighted by molar-refractivity contribution is -0.138. The Hall–Kier alpha value is -1.22. The van der Waals surface area contributed by atoms with Crippen LogP contribution in [0.4, 0.5) is 0 Å². The largest absolute Gasteiger partial charge is 0.496 e. The van der Waals surface area contributed by atoms with Gasteiger partial charge in [0.05, 0.1) is 13.5 Å². The van der Waals surface area contributed by atoms with Gasteiger partial charge in [-0.15, -0.1) is 0 Å². The third kappa shape index (κ3) is 3.13. The summed E-state index contributed by atoms with van der Waals surface area (Å²) in [6, 6.07) is 3.66. The minimum atomic E-state index is -0.828. The first-order chi connectivity index (χ1) is 7.77. The summed E-state index contributed by atoms with van der Waals surface area (Å²) < 4.78 is 5.23. The van der Waals surface area contributed by atoms with E-state index in [9.17, 15) is 4.79 Å². The molecule has 0 bridgehead atoms. The maximum atomic E-state index is 10.8. The van der Waals surface area contributed by atoms with Gasteiger partial charge in [-0.05, 0) is 24.6 Å². The SMILES string of the molecule is COc1cc(C(C)(C)CC(=O)O)cc(Cl)c1C. The summed E-state index contributed by atoms with van der Waals surface area (Å²) in [4.78, 5) is 10.8. The van der Waals surface area contributed by atoms with Gasteiger partial charge in [0.25, 0.3) is 0 Å². The van der Waals surface area contributed by atoms with Crippen LogP contribution >= 0.6 is 11.6 Å². The van der Waals surface area contributed by atoms with E-state index in [2.05, 4.69) is 0 Å². The van der Waals surface area contributed by atoms with Crippen LogP contribution in [0.2, 0.25) is 5.02 Å². The Morgan fingerprint density at radius 2 is 2.06 bits per heavy atom. The fourth-order valence-corrected chi connectivity index (χ4v) is 1.95. The number of carbonyl (C=O) groups is 1. The molecule has 0 saturated heterocycles. The van der Waals surface area contributed by atoms with Crippen LogP contribution in [0.3, 0.4) is 0 Å². The second-order valence-corrected chi connectivity index (χ2v) is 5.15. The Balaban J connectivity index is 3.22. The van der Waals surface area contributed by atoms with Crippen LogP contribution in [-0.2, 0) is 10.2 Å². The summed E-state index contributed by atoms with van der Waals surface area (Å²) in [6.07, 6.45) is 0.0511. The number of carboxylic acid groups (broad SMARTS) is 1. The van der Waals surface area contributed by atoms with Crippen LogP contribution in [0.25, 0.3) is 0 Å². The third-order valence-electron chi connectivity index (χ3n) is 2.89. The fraction of sp³-hybridized carbons (Fsp3) is 0.462. The fourth-order valence-electron chi connectivity index (χ4n) is 1.74. The summed E-state index contributed by atoms with van der Waals surface area (Å²) in [7, 11) is 1.58. The molecule has 3 nitrogen and oxygen atoms in total. The second-order valence-electron chi connectivity index (χ2n) is 4.74. The number of hydrogen-bond acceptors (Lipinski definition) is 2. The summed E-state index contributed by atoms with van der Waals surface area (Å²) >= 11 is 6.11. The zero-order valence-electron chi connectivity index (χ0n) is 10.5. The molecule has 0 heterocycles. The number of methoxy groups -OCH3 is 1. The lowest BCUT2D eigenvalue weighted by atomic mass is 9.81. The van der Waals surface area contributed by atoms with Crippen molar-refractivity contribution >= 4 is 17.6 Å². The highest BCUT2D eigenvalue weighted by Gasteiger charge is 2.25. The van der Waals surface area contributed by atoms with E-state index in [1.165, 1.54) is 0 Å². The molecule has 1 rings (SSSR count). The van der Waals surface area contributed by atoms with Crippen molar-refractivity contribution in [2.75, 3.05) is 7.11 Å². The molecule has 0 saturated carbocycles. The average molecular weight is 257 g/mol. The van der Waals surface area contributed by atoms with Crippen molar-refractivity contribution in [2.45, 2.75) is 32.6 Å². The third-order valence-corrected chi connectivity index (χ3v) is 3.28. The first-order valence-electron chi connectivity index (χ1n) is 5.34. The van der Waals surface area contributed by atoms with Crippen LogP contribution in [0, 0.1) is 6.92 Å². The monoisotopic (exact) mass is 256 g/mol. The standard InChI is InChI=1S/C13H17ClO3/c1-8-10(14)5-9(6-11(8)17-4)13(2,3)7-12(15)16/h5-6H,7H2,1-4H3,(H,15,16). The van der Waals surface area contributed by atoms with Crippen LogP contribution < -0.4 is 4.74 Å². The van der Waals surface area contributed by atoms with E-state index < -0.39 is 11.4 Å². The second kappa shape index (κ2) is 4.96. The van der Waals surface area contributed by atoms with E-state index in [1.54, 1.807) is 7.11 Å². The topological polar surface area (TPSA) is 46.5 Å². The minimum Gasteiger partial charge on any atom is -0.496 e. The first-order valence-corrected chi connectivity index (χ1v) is 5.72. The van der Waals surface area contributed by atoms with Crippen LogP contribution in [-0.4, -0.2) is 18.2 Å². The lowest BCUT2D eigenvalue weighted by Gasteiger charge is -2.24. The Bertz CT molecular complexity index is 439. The number of rotatable bonds is 4. The van der Waals surface area contributed by atoms with Crippen molar-refractivity contribution in [1.82, 2.24) is 0 Å². The van der Waals surface area contributed by atoms with Gasteiger partial charge in [-0.25, -0.2) is 0 Å². The summed E-state index contributed by atoms with van der Waals surface area (Å²) in [5.41, 5.74) is 1.26. The quantitative estimate of drug-likeness (QED) is 0.898. The van der Waals surface area contributed by atoms with Crippen LogP contribution in [0.1, 0.15) is 31.4 Å². The van der Waals surface area contributed by atoms with Crippen molar-refractivity contribution < 1.29 is 14.6 Å².